The number of anilines is 3. The van der Waals surface area contributed by atoms with Crippen molar-refractivity contribution in [2.75, 3.05) is 61.0 Å². The predicted molar refractivity (Wildman–Crippen MR) is 148 cm³/mol. The second-order valence-electron chi connectivity index (χ2n) is 11.4. The van der Waals surface area contributed by atoms with E-state index in [0.717, 1.165) is 61.2 Å². The lowest BCUT2D eigenvalue weighted by atomic mass is 9.87. The van der Waals surface area contributed by atoms with E-state index in [0.29, 0.717) is 37.6 Å². The summed E-state index contributed by atoms with van der Waals surface area (Å²) in [6.07, 6.45) is 6.32. The predicted octanol–water partition coefficient (Wildman–Crippen LogP) is 2.41. The number of benzene rings is 1. The van der Waals surface area contributed by atoms with E-state index in [2.05, 4.69) is 38.9 Å². The number of nitrogens with one attached hydrogen (secondary N) is 1. The summed E-state index contributed by atoms with van der Waals surface area (Å²) in [5.41, 5.74) is 4.40. The maximum atomic E-state index is 12.0. The van der Waals surface area contributed by atoms with E-state index in [9.17, 15) is 13.2 Å². The maximum Gasteiger partial charge on any atom is 0.246 e. The Morgan fingerprint density at radius 3 is 2.59 bits per heavy atom. The van der Waals surface area contributed by atoms with Gasteiger partial charge in [0, 0.05) is 51.2 Å². The molecule has 10 nitrogen and oxygen atoms in total. The van der Waals surface area contributed by atoms with Crippen molar-refractivity contribution < 1.29 is 17.9 Å². The second-order valence-corrected chi connectivity index (χ2v) is 13.7. The molecular weight excluding hydrogens is 516 g/mol. The minimum atomic E-state index is -2.99. The molecule has 1 aromatic carbocycles. The molecule has 3 saturated heterocycles. The largest absolute Gasteiger partial charge is 0.486 e. The summed E-state index contributed by atoms with van der Waals surface area (Å²) in [5.74, 6) is 3.63. The lowest BCUT2D eigenvalue weighted by Crippen LogP contribution is -2.51. The van der Waals surface area contributed by atoms with Gasteiger partial charge in [0.1, 0.15) is 30.3 Å². The van der Waals surface area contributed by atoms with Crippen molar-refractivity contribution in [3.63, 3.8) is 0 Å². The normalized spacial score (nSPS) is 24.6. The Labute approximate surface area is 229 Å². The number of hydrogen-bond donors (Lipinski definition) is 1. The highest BCUT2D eigenvalue weighted by Gasteiger charge is 2.39. The minimum absolute atomic E-state index is 0.0260. The first kappa shape index (κ1) is 24.8. The summed E-state index contributed by atoms with van der Waals surface area (Å²) < 4.78 is 30.4. The zero-order chi connectivity index (χ0) is 26.7. The van der Waals surface area contributed by atoms with Crippen molar-refractivity contribution in [1.82, 2.24) is 19.8 Å². The topological polar surface area (TPSA) is 108 Å². The number of likely N-dealkylation sites (tertiary alicyclic amines) is 2. The molecule has 1 N–H and O–H groups in total. The number of amides is 1. The van der Waals surface area contributed by atoms with E-state index in [4.69, 9.17) is 4.74 Å². The van der Waals surface area contributed by atoms with E-state index >= 15 is 0 Å². The lowest BCUT2D eigenvalue weighted by Gasteiger charge is -2.43. The molecule has 1 atom stereocenters. The van der Waals surface area contributed by atoms with E-state index < -0.39 is 9.84 Å². The standard InChI is InChI=1S/C28H34N6O4S/c1-2-25(35)33-6-5-21(15-33)34-13-20(14-34)19-11-22(18-3-4-18)26-24(12-19)31-27-23(16-38-26)28(30-17-29-27)32-7-9-39(36,37)10-8-32/h2,11-12,17-18,20-21H,1,3-10,13-16H2,(H,29,30,31)/t21-/m1/s1. The van der Waals surface area contributed by atoms with Gasteiger partial charge in [-0.3, -0.25) is 9.69 Å². The van der Waals surface area contributed by atoms with Crippen molar-refractivity contribution in [2.24, 2.45) is 0 Å². The third-order valence-electron chi connectivity index (χ3n) is 8.88. The molecule has 0 unspecified atom stereocenters. The van der Waals surface area contributed by atoms with Gasteiger partial charge in [-0.2, -0.15) is 0 Å². The molecular formula is C28H34N6O4S. The number of carbonyl (C=O) groups is 1. The van der Waals surface area contributed by atoms with Crippen molar-refractivity contribution in [3.05, 3.63) is 47.8 Å². The Kier molecular flexibility index (Phi) is 6.04. The number of hydrogen-bond acceptors (Lipinski definition) is 9. The quantitative estimate of drug-likeness (QED) is 0.562. The molecule has 4 fully saturated rings. The lowest BCUT2D eigenvalue weighted by molar-refractivity contribution is -0.125. The molecule has 4 aliphatic heterocycles. The van der Waals surface area contributed by atoms with E-state index in [1.54, 1.807) is 6.33 Å². The van der Waals surface area contributed by atoms with Crippen LogP contribution in [0, 0.1) is 0 Å². The van der Waals surface area contributed by atoms with Crippen LogP contribution in [0.15, 0.2) is 31.1 Å². The maximum absolute atomic E-state index is 12.0. The number of rotatable bonds is 5. The molecule has 11 heteroatoms. The van der Waals surface area contributed by atoms with Crippen molar-refractivity contribution in [3.8, 4) is 5.75 Å². The molecule has 0 radical (unpaired) electrons. The van der Waals surface area contributed by atoms with Crippen LogP contribution >= 0.6 is 0 Å². The smallest absolute Gasteiger partial charge is 0.246 e. The van der Waals surface area contributed by atoms with Crippen LogP contribution in [0.1, 0.15) is 47.8 Å². The average molecular weight is 551 g/mol. The zero-order valence-electron chi connectivity index (χ0n) is 22.0. The van der Waals surface area contributed by atoms with Gasteiger partial charge >= 0.3 is 0 Å². The zero-order valence-corrected chi connectivity index (χ0v) is 22.8. The number of sulfone groups is 1. The Morgan fingerprint density at radius 1 is 1.05 bits per heavy atom. The van der Waals surface area contributed by atoms with Gasteiger partial charge in [-0.15, -0.1) is 0 Å². The van der Waals surface area contributed by atoms with Gasteiger partial charge in [-0.05, 0) is 48.4 Å². The first-order chi connectivity index (χ1) is 18.9. The van der Waals surface area contributed by atoms with Crippen LogP contribution < -0.4 is 15.0 Å². The summed E-state index contributed by atoms with van der Waals surface area (Å²) in [6, 6.07) is 4.98. The van der Waals surface area contributed by atoms with Crippen molar-refractivity contribution >= 4 is 33.1 Å². The van der Waals surface area contributed by atoms with E-state index in [1.807, 2.05) is 9.80 Å². The highest BCUT2D eigenvalue weighted by molar-refractivity contribution is 7.91. The first-order valence-corrected chi connectivity index (χ1v) is 15.7. The number of ether oxygens (including phenoxy) is 1. The van der Waals surface area contributed by atoms with Crippen LogP contribution in [0.2, 0.25) is 0 Å². The van der Waals surface area contributed by atoms with Gasteiger partial charge in [-0.1, -0.05) is 12.6 Å². The molecule has 0 spiro atoms. The van der Waals surface area contributed by atoms with Crippen LogP contribution in [0.25, 0.3) is 0 Å². The second kappa shape index (κ2) is 9.48. The monoisotopic (exact) mass is 550 g/mol. The van der Waals surface area contributed by atoms with Crippen LogP contribution in [0.4, 0.5) is 17.3 Å². The molecule has 1 aromatic heterocycles. The van der Waals surface area contributed by atoms with Gasteiger partial charge < -0.3 is 19.9 Å². The summed E-state index contributed by atoms with van der Waals surface area (Å²) in [5, 5.41) is 3.57. The first-order valence-electron chi connectivity index (χ1n) is 13.9. The summed E-state index contributed by atoms with van der Waals surface area (Å²) >= 11 is 0. The summed E-state index contributed by atoms with van der Waals surface area (Å²) in [4.78, 5) is 27.5. The Bertz CT molecular complexity index is 1420. The number of carbonyl (C=O) groups excluding carboxylic acids is 1. The fraction of sp³-hybridized carbons (Fsp3) is 0.536. The van der Waals surface area contributed by atoms with Crippen LogP contribution in [0.3, 0.4) is 0 Å². The minimum Gasteiger partial charge on any atom is -0.486 e. The molecule has 5 aliphatic rings. The Morgan fingerprint density at radius 2 is 1.85 bits per heavy atom. The fourth-order valence-corrected chi connectivity index (χ4v) is 7.57. The molecule has 1 aliphatic carbocycles. The SMILES string of the molecule is C=CC(=O)N1CC[C@@H](N2CC(c3cc4c(c(C5CC5)c3)OCc3c(ncnc3N3CCS(=O)(=O)CC3)N4)C2)C1. The van der Waals surface area contributed by atoms with Gasteiger partial charge in [0.05, 0.1) is 22.8 Å². The van der Waals surface area contributed by atoms with Gasteiger partial charge in [0.25, 0.3) is 0 Å². The van der Waals surface area contributed by atoms with E-state index in [-0.39, 0.29) is 17.4 Å². The Balaban J connectivity index is 1.12. The average Bonchev–Trinajstić information content (AvgIpc) is 3.67. The van der Waals surface area contributed by atoms with Gasteiger partial charge in [0.15, 0.2) is 9.84 Å². The number of aromatic nitrogens is 2. The molecule has 0 bridgehead atoms. The van der Waals surface area contributed by atoms with Crippen LogP contribution in [-0.4, -0.2) is 90.9 Å². The summed E-state index contributed by atoms with van der Waals surface area (Å²) in [7, 11) is -2.99. The van der Waals surface area contributed by atoms with Crippen LogP contribution in [-0.2, 0) is 21.2 Å². The highest BCUT2D eigenvalue weighted by atomic mass is 32.2. The summed E-state index contributed by atoms with van der Waals surface area (Å²) in [6.45, 7) is 8.39. The third kappa shape index (κ3) is 4.65. The molecule has 1 saturated carbocycles. The van der Waals surface area contributed by atoms with Gasteiger partial charge in [0.2, 0.25) is 5.91 Å². The Hall–Kier alpha value is -3.18. The van der Waals surface area contributed by atoms with Crippen molar-refractivity contribution in [2.45, 2.75) is 43.7 Å². The third-order valence-corrected chi connectivity index (χ3v) is 10.5. The number of fused-ring (bicyclic) bond motifs is 2. The molecule has 2 aromatic rings. The molecule has 5 heterocycles. The van der Waals surface area contributed by atoms with Gasteiger partial charge in [-0.25, -0.2) is 18.4 Å². The molecule has 206 valence electrons. The van der Waals surface area contributed by atoms with Crippen LogP contribution in [0.5, 0.6) is 5.75 Å². The molecule has 7 rings (SSSR count). The fourth-order valence-electron chi connectivity index (χ4n) is 6.36. The highest BCUT2D eigenvalue weighted by Crippen LogP contribution is 2.50. The number of nitrogens with zero attached hydrogens (tertiary/aromatic N) is 5. The van der Waals surface area contributed by atoms with Crippen molar-refractivity contribution in [1.29, 1.82) is 0 Å². The molecule has 1 amide bonds. The van der Waals surface area contributed by atoms with E-state index in [1.165, 1.54) is 30.0 Å². The molecule has 39 heavy (non-hydrogen) atoms.